The summed E-state index contributed by atoms with van der Waals surface area (Å²) >= 11 is 17.0. The van der Waals surface area contributed by atoms with Crippen LogP contribution in [0.4, 0.5) is 0 Å². The second-order valence-electron chi connectivity index (χ2n) is 1.46. The zero-order chi connectivity index (χ0) is 7.98. The number of hydrogen-bond donors (Lipinski definition) is 4. The standard InChI is InChI=1S/C4H8N2S4.H2S/c7-3(8)5-1-2-6-4(9)10;/h1-2H2,(H2,5,7,8)(H2,6,9,10);1H2. The SMILES string of the molecule is S.S=C(S)NCCNC(=S)S. The van der Waals surface area contributed by atoms with Crippen molar-refractivity contribution in [1.29, 1.82) is 0 Å². The van der Waals surface area contributed by atoms with E-state index >= 15 is 0 Å². The Labute approximate surface area is 95.2 Å². The van der Waals surface area contributed by atoms with E-state index in [0.29, 0.717) is 21.7 Å². The molecular weight excluding hydrogens is 236 g/mol. The molecule has 0 atom stereocenters. The first-order valence-electron chi connectivity index (χ1n) is 2.56. The van der Waals surface area contributed by atoms with Crippen molar-refractivity contribution in [2.45, 2.75) is 0 Å². The highest BCUT2D eigenvalue weighted by atomic mass is 32.1. The Bertz CT molecular complexity index is 120. The largest absolute Gasteiger partial charge is 0.369 e. The Balaban J connectivity index is 0. The molecule has 0 aliphatic heterocycles. The van der Waals surface area contributed by atoms with Gasteiger partial charge in [-0.25, -0.2) is 0 Å². The number of hydrogen-bond acceptors (Lipinski definition) is 2. The molecule has 0 fully saturated rings. The predicted octanol–water partition coefficient (Wildman–Crippen LogP) is 0.708. The van der Waals surface area contributed by atoms with Gasteiger partial charge in [-0.2, -0.15) is 13.5 Å². The molecule has 0 aromatic heterocycles. The number of thiol groups is 2. The average Bonchev–Trinajstić information content (AvgIpc) is 1.79. The van der Waals surface area contributed by atoms with E-state index in [4.69, 9.17) is 0 Å². The van der Waals surface area contributed by atoms with Gasteiger partial charge in [-0.3, -0.25) is 0 Å². The second kappa shape index (κ2) is 8.92. The van der Waals surface area contributed by atoms with Crippen LogP contribution in [0.5, 0.6) is 0 Å². The van der Waals surface area contributed by atoms with E-state index in [1.165, 1.54) is 0 Å². The molecule has 0 spiro atoms. The summed E-state index contributed by atoms with van der Waals surface area (Å²) in [6.07, 6.45) is 0. The van der Waals surface area contributed by atoms with Crippen LogP contribution in [0.15, 0.2) is 0 Å². The Morgan fingerprint density at radius 2 is 1.27 bits per heavy atom. The zero-order valence-electron chi connectivity index (χ0n) is 5.63. The molecule has 11 heavy (non-hydrogen) atoms. The lowest BCUT2D eigenvalue weighted by molar-refractivity contribution is 0.834. The number of thiocarbonyl (C=S) groups is 2. The monoisotopic (exact) mass is 246 g/mol. The van der Waals surface area contributed by atoms with Crippen LogP contribution in [0.1, 0.15) is 0 Å². The molecule has 0 aliphatic rings. The molecule has 0 rings (SSSR count). The quantitative estimate of drug-likeness (QED) is 0.335. The van der Waals surface area contributed by atoms with Gasteiger partial charge >= 0.3 is 0 Å². The Morgan fingerprint density at radius 1 is 1.00 bits per heavy atom. The fraction of sp³-hybridized carbons (Fsp3) is 0.500. The van der Waals surface area contributed by atoms with E-state index in [1.807, 2.05) is 0 Å². The van der Waals surface area contributed by atoms with Gasteiger partial charge in [-0.05, 0) is 0 Å². The maximum absolute atomic E-state index is 4.65. The minimum absolute atomic E-state index is 0. The molecule has 2 nitrogen and oxygen atoms in total. The normalized spacial score (nSPS) is 7.82. The first-order chi connectivity index (χ1) is 4.63. The summed E-state index contributed by atoms with van der Waals surface area (Å²) in [4.78, 5) is 0. The molecule has 66 valence electrons. The smallest absolute Gasteiger partial charge is 0.130 e. The third kappa shape index (κ3) is 13.8. The van der Waals surface area contributed by atoms with E-state index in [-0.39, 0.29) is 13.5 Å². The van der Waals surface area contributed by atoms with Crippen LogP contribution in [0.3, 0.4) is 0 Å². The topological polar surface area (TPSA) is 24.1 Å². The Hall–Kier alpha value is 0.830. The number of rotatable bonds is 3. The van der Waals surface area contributed by atoms with Crippen LogP contribution in [0.25, 0.3) is 0 Å². The average molecular weight is 246 g/mol. The number of nitrogens with one attached hydrogen (secondary N) is 2. The van der Waals surface area contributed by atoms with E-state index < -0.39 is 0 Å². The lowest BCUT2D eigenvalue weighted by Crippen LogP contribution is -2.29. The maximum Gasteiger partial charge on any atom is 0.130 e. The van der Waals surface area contributed by atoms with Gasteiger partial charge in [0.1, 0.15) is 8.64 Å². The predicted molar refractivity (Wildman–Crippen MR) is 69.6 cm³/mol. The highest BCUT2D eigenvalue weighted by Crippen LogP contribution is 1.77. The molecule has 0 bridgehead atoms. The van der Waals surface area contributed by atoms with Crippen LogP contribution >= 0.6 is 63.2 Å². The minimum atomic E-state index is 0. The maximum atomic E-state index is 4.65. The van der Waals surface area contributed by atoms with Crippen molar-refractivity contribution in [3.63, 3.8) is 0 Å². The molecule has 0 saturated heterocycles. The van der Waals surface area contributed by atoms with E-state index in [2.05, 4.69) is 60.3 Å². The van der Waals surface area contributed by atoms with Crippen molar-refractivity contribution in [1.82, 2.24) is 10.6 Å². The van der Waals surface area contributed by atoms with E-state index in [9.17, 15) is 0 Å². The van der Waals surface area contributed by atoms with E-state index in [0.717, 1.165) is 0 Å². The highest BCUT2D eigenvalue weighted by molar-refractivity contribution is 8.11. The van der Waals surface area contributed by atoms with Crippen LogP contribution in [-0.2, 0) is 0 Å². The molecule has 0 radical (unpaired) electrons. The van der Waals surface area contributed by atoms with Crippen molar-refractivity contribution in [2.75, 3.05) is 13.1 Å². The lowest BCUT2D eigenvalue weighted by Gasteiger charge is -2.03. The molecule has 0 aromatic rings. The highest BCUT2D eigenvalue weighted by Gasteiger charge is 1.87. The molecule has 0 aromatic carbocycles. The summed E-state index contributed by atoms with van der Waals surface area (Å²) in [6, 6.07) is 0. The summed E-state index contributed by atoms with van der Waals surface area (Å²) in [6.45, 7) is 1.42. The molecule has 0 saturated carbocycles. The molecule has 0 aliphatic carbocycles. The summed E-state index contributed by atoms with van der Waals surface area (Å²) < 4.78 is 0.985. The third-order valence-corrected chi connectivity index (χ3v) is 1.28. The molecule has 0 heterocycles. The van der Waals surface area contributed by atoms with Crippen molar-refractivity contribution < 1.29 is 0 Å². The zero-order valence-corrected chi connectivity index (χ0v) is 10.0. The molecule has 7 heteroatoms. The first-order valence-corrected chi connectivity index (χ1v) is 4.27. The Kier molecular flexibility index (Phi) is 11.6. The van der Waals surface area contributed by atoms with Gasteiger partial charge in [0.05, 0.1) is 0 Å². The summed E-state index contributed by atoms with van der Waals surface area (Å²) in [5, 5.41) is 5.68. The van der Waals surface area contributed by atoms with Gasteiger partial charge in [0.2, 0.25) is 0 Å². The van der Waals surface area contributed by atoms with Crippen LogP contribution in [-0.4, -0.2) is 21.7 Å². The fourth-order valence-corrected chi connectivity index (χ4v) is 0.767. The minimum Gasteiger partial charge on any atom is -0.369 e. The molecule has 0 amide bonds. The molecule has 2 N–H and O–H groups in total. The van der Waals surface area contributed by atoms with Crippen molar-refractivity contribution in [3.8, 4) is 0 Å². The second-order valence-corrected chi connectivity index (χ2v) is 3.78. The van der Waals surface area contributed by atoms with Crippen molar-refractivity contribution in [2.24, 2.45) is 0 Å². The Morgan fingerprint density at radius 3 is 1.45 bits per heavy atom. The van der Waals surface area contributed by atoms with Gasteiger partial charge < -0.3 is 10.6 Å². The first kappa shape index (κ1) is 14.4. The summed E-state index contributed by atoms with van der Waals surface area (Å²) in [7, 11) is 0. The van der Waals surface area contributed by atoms with E-state index in [1.54, 1.807) is 0 Å². The van der Waals surface area contributed by atoms with Gasteiger partial charge in [0.15, 0.2) is 0 Å². The van der Waals surface area contributed by atoms with Crippen LogP contribution < -0.4 is 10.6 Å². The van der Waals surface area contributed by atoms with Crippen molar-refractivity contribution in [3.05, 3.63) is 0 Å². The van der Waals surface area contributed by atoms with Gasteiger partial charge in [0, 0.05) is 13.1 Å². The van der Waals surface area contributed by atoms with Gasteiger partial charge in [-0.1, -0.05) is 24.4 Å². The van der Waals surface area contributed by atoms with Crippen molar-refractivity contribution >= 4 is 71.8 Å². The van der Waals surface area contributed by atoms with Crippen LogP contribution in [0.2, 0.25) is 0 Å². The summed E-state index contributed by atoms with van der Waals surface area (Å²) in [5.41, 5.74) is 0. The summed E-state index contributed by atoms with van der Waals surface area (Å²) in [5.74, 6) is 0. The molecular formula is C4H10N2S5. The van der Waals surface area contributed by atoms with Crippen LogP contribution in [0, 0.1) is 0 Å². The fourth-order valence-electron chi connectivity index (χ4n) is 0.339. The van der Waals surface area contributed by atoms with Gasteiger partial charge in [-0.15, -0.1) is 25.3 Å². The lowest BCUT2D eigenvalue weighted by atomic mass is 10.6. The van der Waals surface area contributed by atoms with Gasteiger partial charge in [0.25, 0.3) is 0 Å². The third-order valence-electron chi connectivity index (χ3n) is 0.677. The molecule has 0 unspecified atom stereocenters.